The Hall–Kier alpha value is -1.32. The highest BCUT2D eigenvalue weighted by Gasteiger charge is 2.87. The van der Waals surface area contributed by atoms with Crippen LogP contribution in [-0.4, -0.2) is 85.0 Å². The summed E-state index contributed by atoms with van der Waals surface area (Å²) < 4.78 is 52.2. The molecule has 1 aromatic carbocycles. The third-order valence-electron chi connectivity index (χ3n) is 12.0. The average Bonchev–Trinajstić information content (AvgIpc) is 3.49. The van der Waals surface area contributed by atoms with Crippen LogP contribution in [0.2, 0.25) is 43.8 Å². The van der Waals surface area contributed by atoms with Gasteiger partial charge in [0.15, 0.2) is 25.8 Å². The molecule has 47 heavy (non-hydrogen) atoms. The lowest BCUT2D eigenvalue weighted by atomic mass is 9.49. The molecule has 2 heterocycles. The minimum Gasteiger partial charge on any atom is -0.426 e. The lowest BCUT2D eigenvalue weighted by Gasteiger charge is -2.60. The van der Waals surface area contributed by atoms with E-state index < -0.39 is 45.6 Å². The molecule has 0 unspecified atom stereocenters. The molecule has 0 aromatic heterocycles. The monoisotopic (exact) mass is 690 g/mol. The number of fused-ring (bicyclic) bond motifs is 1. The summed E-state index contributed by atoms with van der Waals surface area (Å²) in [5.41, 5.74) is -0.482. The molecule has 2 saturated heterocycles. The molecule has 11 heteroatoms. The Bertz CT molecular complexity index is 1280. The van der Waals surface area contributed by atoms with Crippen LogP contribution in [0.25, 0.3) is 0 Å². The average molecular weight is 691 g/mol. The van der Waals surface area contributed by atoms with Crippen LogP contribution in [0.5, 0.6) is 0 Å². The van der Waals surface area contributed by atoms with Crippen molar-refractivity contribution in [3.05, 3.63) is 35.9 Å². The third kappa shape index (κ3) is 6.41. The topological polar surface area (TPSA) is 90.9 Å². The number of carbonyl (C=O) groups is 1. The Morgan fingerprint density at radius 2 is 1.62 bits per heavy atom. The van der Waals surface area contributed by atoms with E-state index in [0.717, 1.165) is 11.6 Å². The van der Waals surface area contributed by atoms with Crippen molar-refractivity contribution >= 4 is 22.5 Å². The number of ether oxygens (including phenoxy) is 7. The third-order valence-corrected chi connectivity index (χ3v) is 18.2. The Labute approximate surface area is 283 Å². The van der Waals surface area contributed by atoms with Crippen molar-refractivity contribution in [3.63, 3.8) is 0 Å². The summed E-state index contributed by atoms with van der Waals surface area (Å²) in [6.07, 6.45) is -0.674. The standard InChI is InChI=1S/C36H58O9Si2/c1-33(2,3)47(9,10)41-22-28-31-35(44-32(37)42-31)18-25-26(20-40-23-38-16-17-46(6,7)8)27(21-39-19-24-14-12-11-13-15-24)29(35)36(28)30(25)43-34(4,5)45-36/h11-15,25-31H,16-23H2,1-10H3/t25-,26+,27-,28+,29-,30+,31+,35-,36-/m0/s1. The molecule has 7 rings (SSSR count). The summed E-state index contributed by atoms with van der Waals surface area (Å²) in [5.74, 6) is -1.21. The second-order valence-electron chi connectivity index (χ2n) is 17.8. The Morgan fingerprint density at radius 3 is 2.30 bits per heavy atom. The first-order valence-corrected chi connectivity index (χ1v) is 24.2. The van der Waals surface area contributed by atoms with E-state index in [1.807, 2.05) is 32.0 Å². The van der Waals surface area contributed by atoms with Crippen LogP contribution in [-0.2, 0) is 44.2 Å². The van der Waals surface area contributed by atoms with Crippen molar-refractivity contribution in [3.8, 4) is 0 Å². The molecule has 264 valence electrons. The van der Waals surface area contributed by atoms with Gasteiger partial charge in [0.2, 0.25) is 0 Å². The van der Waals surface area contributed by atoms with Gasteiger partial charge in [-0.25, -0.2) is 4.79 Å². The van der Waals surface area contributed by atoms with Crippen molar-refractivity contribution in [1.82, 2.24) is 0 Å². The molecule has 6 aliphatic rings. The van der Waals surface area contributed by atoms with Gasteiger partial charge in [-0.2, -0.15) is 0 Å². The maximum Gasteiger partial charge on any atom is 0.509 e. The van der Waals surface area contributed by atoms with E-state index in [2.05, 4.69) is 65.6 Å². The summed E-state index contributed by atoms with van der Waals surface area (Å²) in [6, 6.07) is 11.3. The minimum atomic E-state index is -2.15. The van der Waals surface area contributed by atoms with Crippen molar-refractivity contribution in [2.75, 3.05) is 33.2 Å². The van der Waals surface area contributed by atoms with Crippen LogP contribution in [0.1, 0.15) is 46.6 Å². The van der Waals surface area contributed by atoms with Gasteiger partial charge in [-0.1, -0.05) is 70.7 Å². The first-order chi connectivity index (χ1) is 21.9. The molecule has 9 atom stereocenters. The van der Waals surface area contributed by atoms with Crippen LogP contribution in [0.15, 0.2) is 30.3 Å². The molecular formula is C36H58O9Si2. The molecule has 4 saturated carbocycles. The fraction of sp³-hybridized carbons (Fsp3) is 0.806. The zero-order valence-electron chi connectivity index (χ0n) is 30.3. The first kappa shape index (κ1) is 35.5. The number of benzene rings is 1. The largest absolute Gasteiger partial charge is 0.509 e. The van der Waals surface area contributed by atoms with E-state index in [1.54, 1.807) is 0 Å². The van der Waals surface area contributed by atoms with Crippen molar-refractivity contribution < 1.29 is 42.4 Å². The second kappa shape index (κ2) is 12.5. The SMILES string of the molecule is CC1(C)O[C@@H]2[C@H]3C[C@@]45OC(=O)O[C@@H]4[C@@H](CO[Si](C)(C)C(C)(C)C)[C@]2(O1)[C@H]5[C@@H](COCc1ccccc1)[C@@H]3COCOCC[Si](C)(C)C. The van der Waals surface area contributed by atoms with Gasteiger partial charge >= 0.3 is 6.16 Å². The van der Waals surface area contributed by atoms with E-state index in [4.69, 9.17) is 37.6 Å². The van der Waals surface area contributed by atoms with Crippen LogP contribution >= 0.6 is 0 Å². The summed E-state index contributed by atoms with van der Waals surface area (Å²) in [4.78, 5) is 13.1. The fourth-order valence-electron chi connectivity index (χ4n) is 8.97. The highest BCUT2D eigenvalue weighted by molar-refractivity contribution is 6.76. The van der Waals surface area contributed by atoms with E-state index in [1.165, 1.54) is 0 Å². The van der Waals surface area contributed by atoms with Gasteiger partial charge in [-0.15, -0.1) is 0 Å². The maximum atomic E-state index is 13.1. The zero-order valence-corrected chi connectivity index (χ0v) is 32.3. The lowest BCUT2D eigenvalue weighted by molar-refractivity contribution is -0.248. The fourth-order valence-corrected chi connectivity index (χ4v) is 10.8. The van der Waals surface area contributed by atoms with Crippen LogP contribution in [0, 0.1) is 29.6 Å². The number of hydrogen-bond acceptors (Lipinski definition) is 9. The van der Waals surface area contributed by atoms with Gasteiger partial charge in [0.1, 0.15) is 12.4 Å². The summed E-state index contributed by atoms with van der Waals surface area (Å²) in [5, 5.41) is 0.0248. The molecule has 2 aliphatic heterocycles. The molecule has 9 nitrogen and oxygen atoms in total. The van der Waals surface area contributed by atoms with Crippen molar-refractivity contribution in [2.45, 2.75) is 121 Å². The molecule has 0 N–H and O–H groups in total. The Kier molecular flexibility index (Phi) is 9.42. The van der Waals surface area contributed by atoms with Crippen molar-refractivity contribution in [1.29, 1.82) is 0 Å². The molecule has 0 amide bonds. The predicted molar refractivity (Wildman–Crippen MR) is 183 cm³/mol. The molecule has 0 radical (unpaired) electrons. The molecule has 4 bridgehead atoms. The molecule has 6 fully saturated rings. The molecule has 4 aliphatic carbocycles. The smallest absolute Gasteiger partial charge is 0.426 e. The zero-order chi connectivity index (χ0) is 34.0. The van der Waals surface area contributed by atoms with Gasteiger partial charge in [0.05, 0.1) is 31.8 Å². The van der Waals surface area contributed by atoms with Gasteiger partial charge < -0.3 is 37.6 Å². The van der Waals surface area contributed by atoms with Gasteiger partial charge in [0, 0.05) is 27.2 Å². The van der Waals surface area contributed by atoms with Gasteiger partial charge in [0.25, 0.3) is 0 Å². The summed E-state index contributed by atoms with van der Waals surface area (Å²) in [7, 11) is -3.34. The number of hydrogen-bond donors (Lipinski definition) is 0. The van der Waals surface area contributed by atoms with Crippen molar-refractivity contribution in [2.24, 2.45) is 29.6 Å². The second-order valence-corrected chi connectivity index (χ2v) is 28.2. The summed E-state index contributed by atoms with van der Waals surface area (Å²) in [6.45, 7) is 25.1. The molecule has 2 spiro atoms. The number of rotatable bonds is 14. The normalized spacial score (nSPS) is 37.1. The van der Waals surface area contributed by atoms with Crippen LogP contribution in [0.4, 0.5) is 4.79 Å². The van der Waals surface area contributed by atoms with E-state index in [-0.39, 0.29) is 47.5 Å². The lowest BCUT2D eigenvalue weighted by Crippen LogP contribution is -2.71. The predicted octanol–water partition coefficient (Wildman–Crippen LogP) is 7.23. The van der Waals surface area contributed by atoms with E-state index >= 15 is 0 Å². The Morgan fingerprint density at radius 1 is 0.915 bits per heavy atom. The quantitative estimate of drug-likeness (QED) is 0.0868. The molecular weight excluding hydrogens is 633 g/mol. The van der Waals surface area contributed by atoms with E-state index in [9.17, 15) is 4.79 Å². The van der Waals surface area contributed by atoms with Crippen LogP contribution in [0.3, 0.4) is 0 Å². The number of carbonyl (C=O) groups excluding carboxylic acids is 1. The van der Waals surface area contributed by atoms with E-state index in [0.29, 0.717) is 39.5 Å². The highest BCUT2D eigenvalue weighted by Crippen LogP contribution is 2.74. The Balaban J connectivity index is 1.32. The van der Waals surface area contributed by atoms with Gasteiger partial charge in [-0.05, 0) is 67.8 Å². The first-order valence-electron chi connectivity index (χ1n) is 17.6. The molecule has 1 aromatic rings. The maximum absolute atomic E-state index is 13.1. The van der Waals surface area contributed by atoms with Crippen LogP contribution < -0.4 is 0 Å². The minimum absolute atomic E-state index is 0.00366. The highest BCUT2D eigenvalue weighted by atomic mass is 28.4. The van der Waals surface area contributed by atoms with Gasteiger partial charge in [-0.3, -0.25) is 0 Å². The summed E-state index contributed by atoms with van der Waals surface area (Å²) >= 11 is 0.